The number of hydrogen-bond donors (Lipinski definition) is 0. The molecule has 0 spiro atoms. The number of rotatable bonds is 4. The summed E-state index contributed by atoms with van der Waals surface area (Å²) < 4.78 is 12.2. The van der Waals surface area contributed by atoms with Crippen molar-refractivity contribution in [2.24, 2.45) is 10.4 Å². The second-order valence-corrected chi connectivity index (χ2v) is 8.89. The lowest BCUT2D eigenvalue weighted by molar-refractivity contribution is -0.136. The zero-order valence-corrected chi connectivity index (χ0v) is 18.3. The summed E-state index contributed by atoms with van der Waals surface area (Å²) in [6, 6.07) is -0.280. The van der Waals surface area contributed by atoms with E-state index in [1.165, 1.54) is 0 Å². The number of carbonyl (C=O) groups excluding carboxylic acids is 2. The van der Waals surface area contributed by atoms with Crippen LogP contribution in [0.1, 0.15) is 41.5 Å². The highest BCUT2D eigenvalue weighted by molar-refractivity contribution is 6.10. The lowest BCUT2D eigenvalue weighted by atomic mass is 9.70. The molecule has 0 radical (unpaired) electrons. The molecule has 0 bridgehead atoms. The van der Waals surface area contributed by atoms with E-state index in [1.807, 2.05) is 47.6 Å². The van der Waals surface area contributed by atoms with E-state index in [-0.39, 0.29) is 30.6 Å². The Morgan fingerprint density at radius 2 is 1.79 bits per heavy atom. The molecule has 1 aliphatic carbocycles. The fourth-order valence-corrected chi connectivity index (χ4v) is 4.91. The minimum Gasteiger partial charge on any atom is -0.494 e. The molecule has 1 fully saturated rings. The van der Waals surface area contributed by atoms with Gasteiger partial charge in [-0.1, -0.05) is 0 Å². The van der Waals surface area contributed by atoms with E-state index in [1.54, 1.807) is 21.8 Å². The molecule has 4 rings (SSSR count). The Morgan fingerprint density at radius 1 is 1.10 bits per heavy atom. The number of hydrogen-bond acceptors (Lipinski definition) is 5. The number of nitrogens with zero attached hydrogens (tertiary/aromatic N) is 4. The van der Waals surface area contributed by atoms with Crippen molar-refractivity contribution in [1.82, 2.24) is 14.7 Å². The van der Waals surface area contributed by atoms with Crippen LogP contribution in [0.3, 0.4) is 0 Å². The standard InChI is InChI=1S/C21H30N4O4/c1-12(2)25-15(26)11-24-17-16(25)20(5,28-7)10-14(29-13(3)4)21(17,6)18-22-8-9-23(18)19(24)27/h10,12-13H,8-9,11H2,1-7H3. The second-order valence-electron chi connectivity index (χ2n) is 8.89. The zero-order chi connectivity index (χ0) is 21.3. The third-order valence-electron chi connectivity index (χ3n) is 6.19. The minimum atomic E-state index is -0.917. The Balaban J connectivity index is 2.06. The molecule has 1 saturated heterocycles. The van der Waals surface area contributed by atoms with Crippen LogP contribution in [0.5, 0.6) is 0 Å². The van der Waals surface area contributed by atoms with Crippen molar-refractivity contribution in [1.29, 1.82) is 0 Å². The van der Waals surface area contributed by atoms with Crippen LogP contribution in [-0.2, 0) is 14.3 Å². The fourth-order valence-electron chi connectivity index (χ4n) is 4.91. The monoisotopic (exact) mass is 402 g/mol. The van der Waals surface area contributed by atoms with E-state index < -0.39 is 11.0 Å². The highest BCUT2D eigenvalue weighted by Gasteiger charge is 2.62. The molecular formula is C21H30N4O4. The van der Waals surface area contributed by atoms with Crippen LogP contribution in [0.2, 0.25) is 0 Å². The van der Waals surface area contributed by atoms with Gasteiger partial charge < -0.3 is 14.4 Å². The van der Waals surface area contributed by atoms with Gasteiger partial charge in [-0.3, -0.25) is 19.6 Å². The number of amidine groups is 1. The van der Waals surface area contributed by atoms with Crippen molar-refractivity contribution in [3.05, 3.63) is 23.2 Å². The minimum absolute atomic E-state index is 0.00394. The van der Waals surface area contributed by atoms with E-state index in [4.69, 9.17) is 14.5 Å². The van der Waals surface area contributed by atoms with Crippen LogP contribution < -0.4 is 0 Å². The third-order valence-corrected chi connectivity index (χ3v) is 6.19. The topological polar surface area (TPSA) is 74.7 Å². The molecule has 2 unspecified atom stereocenters. The molecular weight excluding hydrogens is 372 g/mol. The molecule has 158 valence electrons. The smallest absolute Gasteiger partial charge is 0.330 e. The van der Waals surface area contributed by atoms with E-state index in [9.17, 15) is 9.59 Å². The summed E-state index contributed by atoms with van der Waals surface area (Å²) in [6.07, 6.45) is 1.89. The van der Waals surface area contributed by atoms with Crippen LogP contribution in [0, 0.1) is 5.41 Å². The lowest BCUT2D eigenvalue weighted by Crippen LogP contribution is -2.67. The quantitative estimate of drug-likeness (QED) is 0.723. The van der Waals surface area contributed by atoms with Crippen LogP contribution >= 0.6 is 0 Å². The summed E-state index contributed by atoms with van der Waals surface area (Å²) >= 11 is 0. The molecule has 2 atom stereocenters. The molecule has 0 saturated carbocycles. The average molecular weight is 402 g/mol. The molecule has 8 heteroatoms. The van der Waals surface area contributed by atoms with Gasteiger partial charge in [0.15, 0.2) is 0 Å². The maximum atomic E-state index is 13.3. The summed E-state index contributed by atoms with van der Waals surface area (Å²) in [7, 11) is 1.62. The number of methoxy groups -OCH3 is 1. The summed E-state index contributed by atoms with van der Waals surface area (Å²) in [5.41, 5.74) is -0.238. The van der Waals surface area contributed by atoms with Gasteiger partial charge in [-0.15, -0.1) is 0 Å². The van der Waals surface area contributed by atoms with Gasteiger partial charge in [0.1, 0.15) is 29.2 Å². The van der Waals surface area contributed by atoms with Crippen molar-refractivity contribution in [3.8, 4) is 0 Å². The molecule has 3 aliphatic heterocycles. The van der Waals surface area contributed by atoms with Crippen LogP contribution in [0.25, 0.3) is 0 Å². The largest absolute Gasteiger partial charge is 0.494 e. The Hall–Kier alpha value is -2.35. The van der Waals surface area contributed by atoms with E-state index >= 15 is 0 Å². The van der Waals surface area contributed by atoms with Gasteiger partial charge in [0.25, 0.3) is 0 Å². The van der Waals surface area contributed by atoms with Crippen molar-refractivity contribution in [2.75, 3.05) is 26.7 Å². The van der Waals surface area contributed by atoms with E-state index in [0.29, 0.717) is 30.4 Å². The number of fused-ring (bicyclic) bond motifs is 2. The Bertz CT molecular complexity index is 874. The van der Waals surface area contributed by atoms with Gasteiger partial charge in [0.2, 0.25) is 5.91 Å². The summed E-state index contributed by atoms with van der Waals surface area (Å²) in [6.45, 7) is 12.9. The lowest BCUT2D eigenvalue weighted by Gasteiger charge is -2.56. The van der Waals surface area contributed by atoms with Gasteiger partial charge >= 0.3 is 6.03 Å². The molecule has 4 aliphatic rings. The number of aliphatic imine (C=N–C) groups is 1. The highest BCUT2D eigenvalue weighted by atomic mass is 16.5. The second kappa shape index (κ2) is 6.32. The maximum Gasteiger partial charge on any atom is 0.330 e. The van der Waals surface area contributed by atoms with Crippen LogP contribution in [0.15, 0.2) is 28.2 Å². The Labute approximate surface area is 171 Å². The highest BCUT2D eigenvalue weighted by Crippen LogP contribution is 2.54. The molecule has 0 N–H and O–H groups in total. The van der Waals surface area contributed by atoms with E-state index in [0.717, 1.165) is 5.70 Å². The Morgan fingerprint density at radius 3 is 2.38 bits per heavy atom. The normalized spacial score (nSPS) is 31.4. The molecule has 0 aromatic heterocycles. The first-order valence-corrected chi connectivity index (χ1v) is 10.2. The van der Waals surface area contributed by atoms with Crippen LogP contribution in [-0.4, -0.2) is 77.0 Å². The first-order valence-electron chi connectivity index (χ1n) is 10.2. The number of urea groups is 1. The van der Waals surface area contributed by atoms with Crippen molar-refractivity contribution < 1.29 is 19.1 Å². The summed E-state index contributed by atoms with van der Waals surface area (Å²) in [5, 5.41) is 0. The first kappa shape index (κ1) is 19.9. The fraction of sp³-hybridized carbons (Fsp3) is 0.667. The Kier molecular flexibility index (Phi) is 4.35. The van der Waals surface area contributed by atoms with Gasteiger partial charge in [0.05, 0.1) is 24.0 Å². The number of ether oxygens (including phenoxy) is 2. The molecule has 29 heavy (non-hydrogen) atoms. The van der Waals surface area contributed by atoms with Crippen LogP contribution in [0.4, 0.5) is 4.79 Å². The third kappa shape index (κ3) is 2.51. The van der Waals surface area contributed by atoms with Crippen molar-refractivity contribution in [2.45, 2.75) is 59.3 Å². The first-order chi connectivity index (χ1) is 13.6. The molecule has 8 nitrogen and oxygen atoms in total. The number of carbonyl (C=O) groups is 2. The van der Waals surface area contributed by atoms with Gasteiger partial charge in [-0.25, -0.2) is 4.79 Å². The summed E-state index contributed by atoms with van der Waals surface area (Å²) in [4.78, 5) is 36.2. The average Bonchev–Trinajstić information content (AvgIpc) is 3.13. The van der Waals surface area contributed by atoms with E-state index in [2.05, 4.69) is 0 Å². The van der Waals surface area contributed by atoms with Gasteiger partial charge in [-0.2, -0.15) is 0 Å². The predicted octanol–water partition coefficient (Wildman–Crippen LogP) is 2.33. The number of amides is 3. The molecule has 0 aromatic rings. The molecule has 3 heterocycles. The molecule has 0 aromatic carbocycles. The van der Waals surface area contributed by atoms with Gasteiger partial charge in [-0.05, 0) is 47.6 Å². The summed E-state index contributed by atoms with van der Waals surface area (Å²) in [5.74, 6) is 1.28. The van der Waals surface area contributed by atoms with Gasteiger partial charge in [0, 0.05) is 19.7 Å². The van der Waals surface area contributed by atoms with Crippen molar-refractivity contribution >= 4 is 17.8 Å². The predicted molar refractivity (Wildman–Crippen MR) is 108 cm³/mol. The SMILES string of the molecule is COC1(C)C=C(OC(C)C)C2(C)C3=NCCN3C(=O)N3CC(=O)N(C(C)C)C1=C32. The zero-order valence-electron chi connectivity index (χ0n) is 18.3. The maximum absolute atomic E-state index is 13.3. The molecule has 3 amide bonds. The van der Waals surface area contributed by atoms with Crippen molar-refractivity contribution in [3.63, 3.8) is 0 Å².